The molecule has 0 aliphatic carbocycles. The van der Waals surface area contributed by atoms with Gasteiger partial charge in [-0.05, 0) is 86.9 Å². The van der Waals surface area contributed by atoms with Gasteiger partial charge in [-0.25, -0.2) is 0 Å². The number of fused-ring (bicyclic) bond motifs is 2. The number of hydrogen-bond donors (Lipinski definition) is 0. The third-order valence-electron chi connectivity index (χ3n) is 8.08. The second-order valence-electron chi connectivity index (χ2n) is 11.0. The largest absolute Gasteiger partial charge is 0.280 e. The van der Waals surface area contributed by atoms with Gasteiger partial charge in [0, 0.05) is 29.1 Å². The highest BCUT2D eigenvalue weighted by Crippen LogP contribution is 2.28. The highest BCUT2D eigenvalue weighted by Gasteiger charge is 2.10. The summed E-state index contributed by atoms with van der Waals surface area (Å²) in [5, 5.41) is 4.88. The summed E-state index contributed by atoms with van der Waals surface area (Å²) in [6.07, 6.45) is 5.71. The highest BCUT2D eigenvalue weighted by molar-refractivity contribution is 6.13. The Balaban J connectivity index is 1.31. The molecule has 0 aliphatic heterocycles. The molecule has 0 radical (unpaired) electrons. The zero-order valence-electron chi connectivity index (χ0n) is 24.8. The smallest absolute Gasteiger partial charge is 0.0716 e. The Labute approximate surface area is 263 Å². The van der Waals surface area contributed by atoms with Crippen molar-refractivity contribution >= 4 is 39.7 Å². The number of allylic oxidation sites excluding steroid dienone is 1. The van der Waals surface area contributed by atoms with Crippen LogP contribution in [0, 0.1) is 0 Å². The molecule has 0 unspecified atom stereocenters. The first kappa shape index (κ1) is 27.9. The summed E-state index contributed by atoms with van der Waals surface area (Å²) in [5.41, 5.74) is 9.17. The normalized spacial score (nSPS) is 12.0. The summed E-state index contributed by atoms with van der Waals surface area (Å²) in [5.74, 6) is 0. The van der Waals surface area contributed by atoms with Crippen LogP contribution >= 0.6 is 0 Å². The van der Waals surface area contributed by atoms with E-state index >= 15 is 0 Å². The van der Waals surface area contributed by atoms with Crippen molar-refractivity contribution in [1.82, 2.24) is 4.98 Å². The molecular weight excluding hydrogens is 546 g/mol. The molecule has 1 aromatic heterocycles. The summed E-state index contributed by atoms with van der Waals surface area (Å²) < 4.78 is 0. The number of aromatic nitrogens is 1. The lowest BCUT2D eigenvalue weighted by Gasteiger charge is -2.11. The number of aliphatic imine (C=N–C) groups is 2. The van der Waals surface area contributed by atoms with E-state index in [-0.39, 0.29) is 0 Å². The van der Waals surface area contributed by atoms with E-state index in [1.54, 1.807) is 6.20 Å². The van der Waals surface area contributed by atoms with Crippen LogP contribution in [-0.4, -0.2) is 17.4 Å². The first-order valence-electron chi connectivity index (χ1n) is 15.0. The summed E-state index contributed by atoms with van der Waals surface area (Å²) in [6, 6.07) is 50.9. The average Bonchev–Trinajstić information content (AvgIpc) is 3.12. The maximum absolute atomic E-state index is 5.19. The summed E-state index contributed by atoms with van der Waals surface area (Å²) in [7, 11) is 0. The van der Waals surface area contributed by atoms with Crippen molar-refractivity contribution in [3.63, 3.8) is 0 Å². The Hall–Kier alpha value is -5.93. The quantitative estimate of drug-likeness (QED) is 0.166. The van der Waals surface area contributed by atoms with Crippen LogP contribution in [0.15, 0.2) is 174 Å². The van der Waals surface area contributed by atoms with Crippen molar-refractivity contribution in [1.29, 1.82) is 0 Å². The summed E-state index contributed by atoms with van der Waals surface area (Å²) in [6.45, 7) is 4.49. The lowest BCUT2D eigenvalue weighted by atomic mass is 9.97. The zero-order valence-corrected chi connectivity index (χ0v) is 24.8. The summed E-state index contributed by atoms with van der Waals surface area (Å²) >= 11 is 0. The molecule has 7 rings (SSSR count). The SMILES string of the molecule is C=N/C(=C\C(=NCc1ccc2ccccc2c1)c1cccc(-c2ccc3ccccc3c2)c1)c1cccc(-c2cccnc2)c1. The van der Waals surface area contributed by atoms with E-state index in [2.05, 4.69) is 156 Å². The third kappa shape index (κ3) is 6.24. The molecule has 0 spiro atoms. The van der Waals surface area contributed by atoms with E-state index in [9.17, 15) is 0 Å². The molecule has 1 heterocycles. The molecule has 45 heavy (non-hydrogen) atoms. The van der Waals surface area contributed by atoms with Gasteiger partial charge in [0.05, 0.1) is 18.0 Å². The van der Waals surface area contributed by atoms with Gasteiger partial charge in [0.25, 0.3) is 0 Å². The lowest BCUT2D eigenvalue weighted by molar-refractivity contribution is 1.07. The van der Waals surface area contributed by atoms with E-state index in [0.717, 1.165) is 44.8 Å². The molecule has 0 fully saturated rings. The maximum atomic E-state index is 5.19. The minimum Gasteiger partial charge on any atom is -0.280 e. The Morgan fingerprint density at radius 2 is 1.18 bits per heavy atom. The first-order valence-corrected chi connectivity index (χ1v) is 15.0. The molecule has 0 aliphatic rings. The van der Waals surface area contributed by atoms with Crippen molar-refractivity contribution in [2.45, 2.75) is 6.54 Å². The van der Waals surface area contributed by atoms with E-state index in [1.807, 2.05) is 18.3 Å². The first-order chi connectivity index (χ1) is 22.2. The number of benzene rings is 6. The highest BCUT2D eigenvalue weighted by atomic mass is 14.8. The molecule has 3 nitrogen and oxygen atoms in total. The standard InChI is InChI=1S/C42H31N3/c1-43-41(38-15-7-14-36(26-38)40-17-8-22-44-29-40)27-42(45-28-30-18-19-31-9-2-4-11-33(31)23-30)39-16-6-13-35(25-39)37-21-20-32-10-3-5-12-34(32)24-37/h2-27,29H,1,28H2/b41-27-,45-42?. The molecular formula is C42H31N3. The second kappa shape index (κ2) is 12.7. The van der Waals surface area contributed by atoms with Gasteiger partial charge in [0.2, 0.25) is 0 Å². The Kier molecular flexibility index (Phi) is 7.89. The second-order valence-corrected chi connectivity index (χ2v) is 11.0. The van der Waals surface area contributed by atoms with Crippen LogP contribution in [0.3, 0.4) is 0 Å². The van der Waals surface area contributed by atoms with Gasteiger partial charge in [0.1, 0.15) is 0 Å². The van der Waals surface area contributed by atoms with Gasteiger partial charge in [-0.15, -0.1) is 0 Å². The van der Waals surface area contributed by atoms with Crippen LogP contribution in [0.4, 0.5) is 0 Å². The number of rotatable bonds is 8. The van der Waals surface area contributed by atoms with Gasteiger partial charge in [-0.3, -0.25) is 15.0 Å². The molecule has 7 aromatic rings. The van der Waals surface area contributed by atoms with Crippen molar-refractivity contribution in [2.75, 3.05) is 0 Å². The number of hydrogen-bond acceptors (Lipinski definition) is 3. The van der Waals surface area contributed by atoms with E-state index in [0.29, 0.717) is 6.54 Å². The third-order valence-corrected chi connectivity index (χ3v) is 8.08. The summed E-state index contributed by atoms with van der Waals surface area (Å²) in [4.78, 5) is 14.0. The molecule has 0 saturated heterocycles. The Morgan fingerprint density at radius 1 is 0.556 bits per heavy atom. The molecule has 0 amide bonds. The molecule has 214 valence electrons. The van der Waals surface area contributed by atoms with Gasteiger partial charge in [-0.2, -0.15) is 0 Å². The Morgan fingerprint density at radius 3 is 1.91 bits per heavy atom. The van der Waals surface area contributed by atoms with Crippen LogP contribution in [0.25, 0.3) is 49.5 Å². The molecule has 3 heteroatoms. The van der Waals surface area contributed by atoms with E-state index < -0.39 is 0 Å². The molecule has 0 bridgehead atoms. The molecule has 0 saturated carbocycles. The van der Waals surface area contributed by atoms with Crippen molar-refractivity contribution in [3.8, 4) is 22.3 Å². The molecule has 0 N–H and O–H groups in total. The van der Waals surface area contributed by atoms with Crippen molar-refractivity contribution in [2.24, 2.45) is 9.98 Å². The van der Waals surface area contributed by atoms with E-state index in [4.69, 9.17) is 4.99 Å². The maximum Gasteiger partial charge on any atom is 0.0716 e. The predicted octanol–water partition coefficient (Wildman–Crippen LogP) is 10.5. The van der Waals surface area contributed by atoms with Gasteiger partial charge in [-0.1, -0.05) is 115 Å². The molecule has 0 atom stereocenters. The zero-order chi connectivity index (χ0) is 30.4. The fourth-order valence-electron chi connectivity index (χ4n) is 5.70. The fraction of sp³-hybridized carbons (Fsp3) is 0.0238. The van der Waals surface area contributed by atoms with Crippen molar-refractivity contribution < 1.29 is 0 Å². The minimum absolute atomic E-state index is 0.539. The van der Waals surface area contributed by atoms with Crippen LogP contribution in [0.2, 0.25) is 0 Å². The van der Waals surface area contributed by atoms with Crippen LogP contribution in [0.5, 0.6) is 0 Å². The fourth-order valence-corrected chi connectivity index (χ4v) is 5.70. The van der Waals surface area contributed by atoms with Crippen molar-refractivity contribution in [3.05, 3.63) is 181 Å². The Bertz CT molecular complexity index is 2210. The van der Waals surface area contributed by atoms with Gasteiger partial charge < -0.3 is 0 Å². The average molecular weight is 578 g/mol. The lowest BCUT2D eigenvalue weighted by Crippen LogP contribution is -2.01. The van der Waals surface area contributed by atoms with Crippen LogP contribution in [-0.2, 0) is 6.54 Å². The minimum atomic E-state index is 0.539. The van der Waals surface area contributed by atoms with E-state index in [1.165, 1.54) is 27.1 Å². The number of pyridine rings is 1. The monoisotopic (exact) mass is 577 g/mol. The molecule has 6 aromatic carbocycles. The van der Waals surface area contributed by atoms with Crippen LogP contribution in [0.1, 0.15) is 16.7 Å². The number of nitrogens with zero attached hydrogens (tertiary/aromatic N) is 3. The van der Waals surface area contributed by atoms with Crippen LogP contribution < -0.4 is 0 Å². The predicted molar refractivity (Wildman–Crippen MR) is 191 cm³/mol. The van der Waals surface area contributed by atoms with Gasteiger partial charge >= 0.3 is 0 Å². The topological polar surface area (TPSA) is 37.6 Å². The van der Waals surface area contributed by atoms with Gasteiger partial charge in [0.15, 0.2) is 0 Å².